The number of carbonyl (C=O) groups is 1. The van der Waals surface area contributed by atoms with Gasteiger partial charge in [0.25, 0.3) is 0 Å². The Hall–Kier alpha value is -1.14. The van der Waals surface area contributed by atoms with Crippen molar-refractivity contribution in [3.05, 3.63) is 29.8 Å². The van der Waals surface area contributed by atoms with Gasteiger partial charge in [-0.25, -0.2) is 8.78 Å². The average Bonchev–Trinajstić information content (AvgIpc) is 2.43. The normalized spacial score (nSPS) is 22.6. The van der Waals surface area contributed by atoms with Gasteiger partial charge in [-0.05, 0) is 43.6 Å². The molecular weight excluding hydrogens is 282 g/mol. The molecule has 20 heavy (non-hydrogen) atoms. The quantitative estimate of drug-likeness (QED) is 0.837. The van der Waals surface area contributed by atoms with Crippen molar-refractivity contribution in [2.45, 2.75) is 24.3 Å². The monoisotopic (exact) mass is 300 g/mol. The number of thioether (sulfide) groups is 1. The van der Waals surface area contributed by atoms with Crippen molar-refractivity contribution in [3.8, 4) is 0 Å². The van der Waals surface area contributed by atoms with Gasteiger partial charge >= 0.3 is 0 Å². The molecule has 0 aromatic heterocycles. The minimum Gasteiger partial charge on any atom is -0.352 e. The first-order chi connectivity index (χ1) is 9.56. The van der Waals surface area contributed by atoms with Crippen LogP contribution in [0.4, 0.5) is 8.78 Å². The third-order valence-electron chi connectivity index (χ3n) is 3.39. The zero-order chi connectivity index (χ0) is 14.5. The second-order valence-corrected chi connectivity index (χ2v) is 6.06. The zero-order valence-electron chi connectivity index (χ0n) is 11.3. The van der Waals surface area contributed by atoms with Crippen LogP contribution in [0.3, 0.4) is 0 Å². The lowest BCUT2D eigenvalue weighted by molar-refractivity contribution is -0.119. The average molecular weight is 300 g/mol. The van der Waals surface area contributed by atoms with Crippen LogP contribution < -0.4 is 10.6 Å². The van der Waals surface area contributed by atoms with Gasteiger partial charge in [0.15, 0.2) is 11.6 Å². The maximum absolute atomic E-state index is 13.0. The topological polar surface area (TPSA) is 41.1 Å². The molecule has 1 aromatic carbocycles. The molecule has 1 heterocycles. The fourth-order valence-electron chi connectivity index (χ4n) is 2.19. The van der Waals surface area contributed by atoms with E-state index in [1.165, 1.54) is 17.8 Å². The summed E-state index contributed by atoms with van der Waals surface area (Å²) in [5.41, 5.74) is 0. The zero-order valence-corrected chi connectivity index (χ0v) is 12.1. The van der Waals surface area contributed by atoms with Gasteiger partial charge in [0, 0.05) is 10.9 Å². The second-order valence-electron chi connectivity index (χ2n) is 5.01. The number of piperidine rings is 1. The number of hydrogen-bond acceptors (Lipinski definition) is 3. The molecule has 1 fully saturated rings. The van der Waals surface area contributed by atoms with Crippen LogP contribution in [0.2, 0.25) is 0 Å². The van der Waals surface area contributed by atoms with Gasteiger partial charge in [0.05, 0.1) is 5.75 Å². The smallest absolute Gasteiger partial charge is 0.230 e. The maximum Gasteiger partial charge on any atom is 0.230 e. The summed E-state index contributed by atoms with van der Waals surface area (Å²) in [6, 6.07) is 3.85. The number of benzene rings is 1. The van der Waals surface area contributed by atoms with E-state index in [0.717, 1.165) is 31.6 Å². The number of rotatable bonds is 4. The number of hydrogen-bond donors (Lipinski definition) is 2. The van der Waals surface area contributed by atoms with Crippen LogP contribution in [0.5, 0.6) is 0 Å². The summed E-state index contributed by atoms with van der Waals surface area (Å²) in [6.45, 7) is 3.91. The van der Waals surface area contributed by atoms with Crippen LogP contribution in [-0.4, -0.2) is 30.8 Å². The maximum atomic E-state index is 13.0. The molecule has 0 saturated carbocycles. The van der Waals surface area contributed by atoms with Gasteiger partial charge in [-0.1, -0.05) is 6.92 Å². The second kappa shape index (κ2) is 7.04. The van der Waals surface area contributed by atoms with Crippen LogP contribution in [0.25, 0.3) is 0 Å². The number of amides is 1. The SMILES string of the molecule is CC1CNCCC1NC(=O)CSc1ccc(F)c(F)c1. The minimum atomic E-state index is -0.887. The van der Waals surface area contributed by atoms with E-state index in [1.54, 1.807) is 0 Å². The Balaban J connectivity index is 1.81. The van der Waals surface area contributed by atoms with E-state index in [1.807, 2.05) is 0 Å². The Kier molecular flexibility index (Phi) is 5.37. The van der Waals surface area contributed by atoms with Gasteiger partial charge < -0.3 is 10.6 Å². The highest BCUT2D eigenvalue weighted by Gasteiger charge is 2.22. The van der Waals surface area contributed by atoms with Gasteiger partial charge in [0.2, 0.25) is 5.91 Å². The largest absolute Gasteiger partial charge is 0.352 e. The summed E-state index contributed by atoms with van der Waals surface area (Å²) in [5, 5.41) is 6.27. The molecule has 3 nitrogen and oxygen atoms in total. The van der Waals surface area contributed by atoms with E-state index >= 15 is 0 Å². The minimum absolute atomic E-state index is 0.0708. The first-order valence-corrected chi connectivity index (χ1v) is 7.63. The Bertz CT molecular complexity index is 484. The lowest BCUT2D eigenvalue weighted by atomic mass is 9.95. The predicted molar refractivity (Wildman–Crippen MR) is 75.7 cm³/mol. The molecule has 2 rings (SSSR count). The third-order valence-corrected chi connectivity index (χ3v) is 4.39. The van der Waals surface area contributed by atoms with Crippen molar-refractivity contribution in [2.24, 2.45) is 5.92 Å². The van der Waals surface area contributed by atoms with Gasteiger partial charge in [0.1, 0.15) is 0 Å². The molecule has 0 spiro atoms. The Morgan fingerprint density at radius 3 is 2.95 bits per heavy atom. The summed E-state index contributed by atoms with van der Waals surface area (Å²) in [4.78, 5) is 12.4. The fraction of sp³-hybridized carbons (Fsp3) is 0.500. The molecule has 0 radical (unpaired) electrons. The van der Waals surface area contributed by atoms with Crippen molar-refractivity contribution in [1.82, 2.24) is 10.6 Å². The fourth-order valence-corrected chi connectivity index (χ4v) is 2.92. The summed E-state index contributed by atoms with van der Waals surface area (Å²) in [5.74, 6) is -1.22. The van der Waals surface area contributed by atoms with Crippen molar-refractivity contribution in [1.29, 1.82) is 0 Å². The Morgan fingerprint density at radius 1 is 1.45 bits per heavy atom. The lowest BCUT2D eigenvalue weighted by Crippen LogP contribution is -2.48. The van der Waals surface area contributed by atoms with E-state index in [9.17, 15) is 13.6 Å². The molecule has 110 valence electrons. The highest BCUT2D eigenvalue weighted by atomic mass is 32.2. The molecule has 1 aliphatic rings. The van der Waals surface area contributed by atoms with E-state index in [0.29, 0.717) is 10.8 Å². The molecule has 1 aromatic rings. The molecule has 1 saturated heterocycles. The van der Waals surface area contributed by atoms with E-state index in [2.05, 4.69) is 17.6 Å². The summed E-state index contributed by atoms with van der Waals surface area (Å²) >= 11 is 1.21. The third kappa shape index (κ3) is 4.18. The molecular formula is C14H18F2N2OS. The predicted octanol–water partition coefficient (Wildman–Crippen LogP) is 2.17. The van der Waals surface area contributed by atoms with Crippen LogP contribution in [0, 0.1) is 17.6 Å². The first-order valence-electron chi connectivity index (χ1n) is 6.64. The highest BCUT2D eigenvalue weighted by molar-refractivity contribution is 8.00. The molecule has 0 bridgehead atoms. The van der Waals surface area contributed by atoms with Crippen molar-refractivity contribution >= 4 is 17.7 Å². The first kappa shape index (κ1) is 15.3. The summed E-state index contributed by atoms with van der Waals surface area (Å²) in [6.07, 6.45) is 0.919. The van der Waals surface area contributed by atoms with Crippen LogP contribution in [0.15, 0.2) is 23.1 Å². The van der Waals surface area contributed by atoms with Crippen LogP contribution in [-0.2, 0) is 4.79 Å². The van der Waals surface area contributed by atoms with Gasteiger partial charge in [-0.15, -0.1) is 11.8 Å². The molecule has 1 amide bonds. The standard InChI is InChI=1S/C14H18F2N2OS/c1-9-7-17-5-4-13(9)18-14(19)8-20-10-2-3-11(15)12(16)6-10/h2-3,6,9,13,17H,4-5,7-8H2,1H3,(H,18,19). The Morgan fingerprint density at radius 2 is 2.25 bits per heavy atom. The number of nitrogens with one attached hydrogen (secondary N) is 2. The number of halogens is 2. The molecule has 2 atom stereocenters. The molecule has 2 unspecified atom stereocenters. The van der Waals surface area contributed by atoms with Crippen molar-refractivity contribution in [3.63, 3.8) is 0 Å². The van der Waals surface area contributed by atoms with Crippen LogP contribution >= 0.6 is 11.8 Å². The van der Waals surface area contributed by atoms with Crippen LogP contribution in [0.1, 0.15) is 13.3 Å². The van der Waals surface area contributed by atoms with Gasteiger partial charge in [-0.3, -0.25) is 4.79 Å². The molecule has 1 aliphatic heterocycles. The van der Waals surface area contributed by atoms with E-state index in [4.69, 9.17) is 0 Å². The van der Waals surface area contributed by atoms with Crippen molar-refractivity contribution in [2.75, 3.05) is 18.8 Å². The number of carbonyl (C=O) groups excluding carboxylic acids is 1. The highest BCUT2D eigenvalue weighted by Crippen LogP contribution is 2.20. The lowest BCUT2D eigenvalue weighted by Gasteiger charge is -2.30. The molecule has 2 N–H and O–H groups in total. The Labute approximate surface area is 121 Å². The van der Waals surface area contributed by atoms with E-state index < -0.39 is 11.6 Å². The molecule has 0 aliphatic carbocycles. The van der Waals surface area contributed by atoms with E-state index in [-0.39, 0.29) is 17.7 Å². The summed E-state index contributed by atoms with van der Waals surface area (Å²) < 4.78 is 25.8. The van der Waals surface area contributed by atoms with Gasteiger partial charge in [-0.2, -0.15) is 0 Å². The summed E-state index contributed by atoms with van der Waals surface area (Å²) in [7, 11) is 0. The van der Waals surface area contributed by atoms with Crippen molar-refractivity contribution < 1.29 is 13.6 Å². The molecule has 6 heteroatoms.